The molecule has 0 saturated carbocycles. The Balaban J connectivity index is 2.07. The molecule has 6 nitrogen and oxygen atoms in total. The number of nitrogens with zero attached hydrogens (tertiary/aromatic N) is 4. The van der Waals surface area contributed by atoms with E-state index >= 15 is 0 Å². The molecule has 2 rings (SSSR count). The summed E-state index contributed by atoms with van der Waals surface area (Å²) in [5.41, 5.74) is 5.78. The Morgan fingerprint density at radius 2 is 2.35 bits per heavy atom. The molecule has 20 heavy (non-hydrogen) atoms. The molecule has 0 atom stereocenters. The first-order chi connectivity index (χ1) is 9.63. The molecule has 2 heterocycles. The van der Waals surface area contributed by atoms with E-state index < -0.39 is 0 Å². The van der Waals surface area contributed by atoms with Crippen LogP contribution < -0.4 is 5.73 Å². The lowest BCUT2D eigenvalue weighted by Crippen LogP contribution is -2.30. The molecule has 0 aliphatic carbocycles. The van der Waals surface area contributed by atoms with Gasteiger partial charge in [-0.3, -0.25) is 9.48 Å². The Hall–Kier alpha value is -1.44. The first-order valence-corrected chi connectivity index (χ1v) is 7.47. The first-order valence-electron chi connectivity index (χ1n) is 6.27. The topological polar surface area (TPSA) is 77.0 Å². The van der Waals surface area contributed by atoms with Crippen molar-refractivity contribution in [3.8, 4) is 0 Å². The monoisotopic (exact) mass is 313 g/mol. The minimum atomic E-state index is -0.139. The van der Waals surface area contributed by atoms with Gasteiger partial charge in [0.25, 0.3) is 5.91 Å². The highest BCUT2D eigenvalue weighted by molar-refractivity contribution is 7.16. The summed E-state index contributed by atoms with van der Waals surface area (Å²) in [6.07, 6.45) is 1.62. The van der Waals surface area contributed by atoms with Crippen molar-refractivity contribution in [1.29, 1.82) is 0 Å². The van der Waals surface area contributed by atoms with Gasteiger partial charge < -0.3 is 10.6 Å². The van der Waals surface area contributed by atoms with E-state index in [0.717, 1.165) is 9.21 Å². The summed E-state index contributed by atoms with van der Waals surface area (Å²) in [4.78, 5) is 15.1. The third-order valence-corrected chi connectivity index (χ3v) is 3.98. The molecule has 0 spiro atoms. The molecular weight excluding hydrogens is 298 g/mol. The Morgan fingerprint density at radius 1 is 1.55 bits per heavy atom. The van der Waals surface area contributed by atoms with E-state index in [-0.39, 0.29) is 5.91 Å². The SMILES string of the molecule is CCN(Cc1ccc(Cl)s1)C(=O)c1cn(CCN)nn1. The molecule has 0 aliphatic rings. The van der Waals surface area contributed by atoms with E-state index in [0.29, 0.717) is 31.9 Å². The predicted octanol–water partition coefficient (Wildman–Crippen LogP) is 1.61. The highest BCUT2D eigenvalue weighted by atomic mass is 35.5. The summed E-state index contributed by atoms with van der Waals surface area (Å²) in [5, 5.41) is 7.77. The molecule has 1 amide bonds. The zero-order chi connectivity index (χ0) is 14.5. The minimum absolute atomic E-state index is 0.139. The molecule has 0 bridgehead atoms. The largest absolute Gasteiger partial charge is 0.332 e. The number of thiophene rings is 1. The highest BCUT2D eigenvalue weighted by Gasteiger charge is 2.18. The van der Waals surface area contributed by atoms with Crippen LogP contribution in [0.4, 0.5) is 0 Å². The summed E-state index contributed by atoms with van der Waals surface area (Å²) < 4.78 is 2.29. The van der Waals surface area contributed by atoms with E-state index in [9.17, 15) is 4.79 Å². The lowest BCUT2D eigenvalue weighted by molar-refractivity contribution is 0.0748. The number of aromatic nitrogens is 3. The summed E-state index contributed by atoms with van der Waals surface area (Å²) in [6.45, 7) is 4.06. The van der Waals surface area contributed by atoms with Gasteiger partial charge in [-0.15, -0.1) is 16.4 Å². The Morgan fingerprint density at radius 3 is 2.95 bits per heavy atom. The number of carbonyl (C=O) groups is 1. The number of hydrogen-bond acceptors (Lipinski definition) is 5. The van der Waals surface area contributed by atoms with Crippen molar-refractivity contribution in [1.82, 2.24) is 19.9 Å². The molecule has 108 valence electrons. The zero-order valence-electron chi connectivity index (χ0n) is 11.1. The average Bonchev–Trinajstić information content (AvgIpc) is 3.05. The molecule has 2 N–H and O–H groups in total. The fourth-order valence-corrected chi connectivity index (χ4v) is 2.86. The fraction of sp³-hybridized carbons (Fsp3) is 0.417. The minimum Gasteiger partial charge on any atom is -0.332 e. The maximum Gasteiger partial charge on any atom is 0.276 e. The fourth-order valence-electron chi connectivity index (χ4n) is 1.75. The van der Waals surface area contributed by atoms with E-state index in [4.69, 9.17) is 17.3 Å². The number of hydrogen-bond donors (Lipinski definition) is 1. The van der Waals surface area contributed by atoms with Gasteiger partial charge in [0.2, 0.25) is 0 Å². The smallest absolute Gasteiger partial charge is 0.276 e. The van der Waals surface area contributed by atoms with Crippen molar-refractivity contribution in [2.24, 2.45) is 5.73 Å². The summed E-state index contributed by atoms with van der Waals surface area (Å²) in [7, 11) is 0. The Kier molecular flexibility index (Phi) is 5.11. The third kappa shape index (κ3) is 3.56. The molecule has 8 heteroatoms. The van der Waals surface area contributed by atoms with Crippen molar-refractivity contribution >= 4 is 28.8 Å². The molecule has 2 aromatic rings. The maximum absolute atomic E-state index is 12.4. The van der Waals surface area contributed by atoms with Crippen molar-refractivity contribution in [3.63, 3.8) is 0 Å². The quantitative estimate of drug-likeness (QED) is 0.879. The van der Waals surface area contributed by atoms with Crippen LogP contribution >= 0.6 is 22.9 Å². The van der Waals surface area contributed by atoms with Gasteiger partial charge in [0.1, 0.15) is 0 Å². The van der Waals surface area contributed by atoms with Crippen molar-refractivity contribution in [3.05, 3.63) is 33.2 Å². The van der Waals surface area contributed by atoms with Crippen molar-refractivity contribution < 1.29 is 4.79 Å². The lowest BCUT2D eigenvalue weighted by Gasteiger charge is -2.18. The summed E-state index contributed by atoms with van der Waals surface area (Å²) in [6, 6.07) is 3.76. The van der Waals surface area contributed by atoms with Crippen LogP contribution in [0.3, 0.4) is 0 Å². The lowest BCUT2D eigenvalue weighted by atomic mass is 10.3. The highest BCUT2D eigenvalue weighted by Crippen LogP contribution is 2.23. The average molecular weight is 314 g/mol. The Bertz CT molecular complexity index is 582. The first kappa shape index (κ1) is 15.0. The molecular formula is C12H16ClN5OS. The molecule has 2 aromatic heterocycles. The van der Waals surface area contributed by atoms with Gasteiger partial charge in [-0.05, 0) is 19.1 Å². The molecule has 0 unspecified atom stereocenters. The van der Waals surface area contributed by atoms with Gasteiger partial charge in [-0.25, -0.2) is 0 Å². The van der Waals surface area contributed by atoms with Crippen LogP contribution in [0, 0.1) is 0 Å². The normalized spacial score (nSPS) is 10.8. The molecule has 0 radical (unpaired) electrons. The zero-order valence-corrected chi connectivity index (χ0v) is 12.7. The number of amides is 1. The van der Waals surface area contributed by atoms with Crippen LogP contribution in [0.2, 0.25) is 4.34 Å². The number of halogens is 1. The van der Waals surface area contributed by atoms with Crippen molar-refractivity contribution in [2.45, 2.75) is 20.0 Å². The third-order valence-electron chi connectivity index (χ3n) is 2.76. The van der Waals surface area contributed by atoms with Gasteiger partial charge in [0, 0.05) is 18.0 Å². The molecule has 0 saturated heterocycles. The predicted molar refractivity (Wildman–Crippen MR) is 78.8 cm³/mol. The van der Waals surface area contributed by atoms with Crippen LogP contribution in [0.15, 0.2) is 18.3 Å². The number of rotatable bonds is 6. The Labute approximate surface area is 126 Å². The van der Waals surface area contributed by atoms with E-state index in [1.165, 1.54) is 11.3 Å². The molecule has 0 fully saturated rings. The van der Waals surface area contributed by atoms with Crippen LogP contribution in [0.25, 0.3) is 0 Å². The number of carbonyl (C=O) groups excluding carboxylic acids is 1. The summed E-state index contributed by atoms with van der Waals surface area (Å²) >= 11 is 7.37. The van der Waals surface area contributed by atoms with Crippen molar-refractivity contribution in [2.75, 3.05) is 13.1 Å². The summed E-state index contributed by atoms with van der Waals surface area (Å²) in [5.74, 6) is -0.139. The van der Waals surface area contributed by atoms with Crippen LogP contribution in [0.1, 0.15) is 22.3 Å². The second-order valence-electron chi connectivity index (χ2n) is 4.18. The van der Waals surface area contributed by atoms with E-state index in [1.54, 1.807) is 15.8 Å². The van der Waals surface area contributed by atoms with Gasteiger partial charge >= 0.3 is 0 Å². The standard InChI is InChI=1S/C12H16ClN5OS/c1-2-17(7-9-3-4-11(13)20-9)12(19)10-8-18(6-5-14)16-15-10/h3-4,8H,2,5-7,14H2,1H3. The molecule has 0 aliphatic heterocycles. The van der Waals surface area contributed by atoms with Gasteiger partial charge in [-0.1, -0.05) is 16.8 Å². The van der Waals surface area contributed by atoms with E-state index in [2.05, 4.69) is 10.3 Å². The van der Waals surface area contributed by atoms with E-state index in [1.807, 2.05) is 19.1 Å². The van der Waals surface area contributed by atoms with Gasteiger partial charge in [-0.2, -0.15) is 0 Å². The van der Waals surface area contributed by atoms with Crippen LogP contribution in [0.5, 0.6) is 0 Å². The van der Waals surface area contributed by atoms with Gasteiger partial charge in [0.15, 0.2) is 5.69 Å². The second kappa shape index (κ2) is 6.83. The van der Waals surface area contributed by atoms with Gasteiger partial charge in [0.05, 0.1) is 23.6 Å². The number of nitrogens with two attached hydrogens (primary N) is 1. The van der Waals surface area contributed by atoms with Crippen LogP contribution in [-0.4, -0.2) is 38.9 Å². The second-order valence-corrected chi connectivity index (χ2v) is 5.98. The molecule has 0 aromatic carbocycles. The van der Waals surface area contributed by atoms with Crippen LogP contribution in [-0.2, 0) is 13.1 Å². The maximum atomic E-state index is 12.4.